The summed E-state index contributed by atoms with van der Waals surface area (Å²) in [7, 11) is 1.84. The fraction of sp³-hybridized carbons (Fsp3) is 0.286. The van der Waals surface area contributed by atoms with E-state index >= 15 is 0 Å². The summed E-state index contributed by atoms with van der Waals surface area (Å²) in [6.45, 7) is 0. The highest BCUT2D eigenvalue weighted by molar-refractivity contribution is 6.04. The molecule has 4 aromatic rings. The number of Topliss-reactive ketones (excluding diaryl/α,β-unsaturated/α-hetero) is 1. The monoisotopic (exact) mass is 485 g/mol. The van der Waals surface area contributed by atoms with Crippen LogP contribution in [0.5, 0.6) is 0 Å². The second-order valence-corrected chi connectivity index (χ2v) is 9.38. The molecule has 0 bridgehead atoms. The van der Waals surface area contributed by atoms with Crippen molar-refractivity contribution in [3.05, 3.63) is 84.2 Å². The molecule has 0 aliphatic heterocycles. The molecule has 2 aromatic heterocycles. The second-order valence-electron chi connectivity index (χ2n) is 9.38. The van der Waals surface area contributed by atoms with E-state index in [9.17, 15) is 14.0 Å². The molecule has 1 aliphatic carbocycles. The van der Waals surface area contributed by atoms with Gasteiger partial charge >= 0.3 is 0 Å². The number of aryl methyl sites for hydroxylation is 2. The van der Waals surface area contributed by atoms with Gasteiger partial charge in [-0.05, 0) is 73.6 Å². The highest BCUT2D eigenvalue weighted by Crippen LogP contribution is 2.33. The normalized spacial score (nSPS) is 13.1. The quantitative estimate of drug-likeness (QED) is 0.328. The Balaban J connectivity index is 1.34. The second kappa shape index (κ2) is 10.3. The number of hydrogen-bond donors (Lipinski definition) is 1. The van der Waals surface area contributed by atoms with Gasteiger partial charge in [-0.1, -0.05) is 12.1 Å². The van der Waals surface area contributed by atoms with E-state index in [2.05, 4.69) is 15.4 Å². The maximum absolute atomic E-state index is 13.5. The van der Waals surface area contributed by atoms with Crippen molar-refractivity contribution in [2.45, 2.75) is 38.5 Å². The molecule has 1 fully saturated rings. The number of imidazole rings is 1. The molecule has 0 unspecified atom stereocenters. The Bertz CT molecular complexity index is 1390. The van der Waals surface area contributed by atoms with E-state index in [0.29, 0.717) is 54.6 Å². The Labute approximate surface area is 209 Å². The number of carbonyl (C=O) groups excluding carboxylic acids is 2. The molecule has 7 nitrogen and oxygen atoms in total. The van der Waals surface area contributed by atoms with Crippen molar-refractivity contribution in [2.24, 2.45) is 13.0 Å². The van der Waals surface area contributed by atoms with Crippen molar-refractivity contribution in [3.8, 4) is 16.8 Å². The summed E-state index contributed by atoms with van der Waals surface area (Å²) >= 11 is 0. The number of amides is 1. The minimum absolute atomic E-state index is 0.303. The SMILES string of the molecule is Cn1cc(-c2cccc(C(=O)Nc3nc(CCCC(=O)CC4CC4)cn3-c3ccc(F)cc3)c2)cn1. The molecular weight excluding hydrogens is 457 g/mol. The minimum atomic E-state index is -0.342. The summed E-state index contributed by atoms with van der Waals surface area (Å²) in [4.78, 5) is 29.9. The van der Waals surface area contributed by atoms with Crippen LogP contribution in [0.15, 0.2) is 67.1 Å². The lowest BCUT2D eigenvalue weighted by Crippen LogP contribution is -2.15. The molecular formula is C28H28FN5O2. The average molecular weight is 486 g/mol. The number of halogens is 1. The highest BCUT2D eigenvalue weighted by Gasteiger charge is 2.24. The zero-order valence-electron chi connectivity index (χ0n) is 20.2. The number of benzene rings is 2. The number of anilines is 1. The van der Waals surface area contributed by atoms with Crippen LogP contribution >= 0.6 is 0 Å². The van der Waals surface area contributed by atoms with Crippen LogP contribution in [0, 0.1) is 11.7 Å². The van der Waals surface area contributed by atoms with Crippen LogP contribution in [0.4, 0.5) is 10.3 Å². The molecule has 8 heteroatoms. The van der Waals surface area contributed by atoms with Crippen molar-refractivity contribution < 1.29 is 14.0 Å². The Morgan fingerprint density at radius 1 is 1.08 bits per heavy atom. The number of nitrogens with zero attached hydrogens (tertiary/aromatic N) is 4. The Kier molecular flexibility index (Phi) is 6.75. The van der Waals surface area contributed by atoms with E-state index in [-0.39, 0.29) is 11.7 Å². The number of aromatic nitrogens is 4. The predicted octanol–water partition coefficient (Wildman–Crippen LogP) is 5.36. The molecule has 184 valence electrons. The van der Waals surface area contributed by atoms with E-state index in [0.717, 1.165) is 16.8 Å². The fourth-order valence-electron chi connectivity index (χ4n) is 4.23. The van der Waals surface area contributed by atoms with Gasteiger partial charge in [0, 0.05) is 49.1 Å². The van der Waals surface area contributed by atoms with Gasteiger partial charge in [0.2, 0.25) is 5.95 Å². The average Bonchev–Trinajstić information content (AvgIpc) is 3.43. The lowest BCUT2D eigenvalue weighted by atomic mass is 10.1. The molecule has 2 aromatic carbocycles. The third-order valence-corrected chi connectivity index (χ3v) is 6.35. The van der Waals surface area contributed by atoms with E-state index < -0.39 is 0 Å². The van der Waals surface area contributed by atoms with Crippen molar-refractivity contribution >= 4 is 17.6 Å². The predicted molar refractivity (Wildman–Crippen MR) is 135 cm³/mol. The van der Waals surface area contributed by atoms with E-state index in [1.165, 1.54) is 25.0 Å². The van der Waals surface area contributed by atoms with Crippen molar-refractivity contribution in [3.63, 3.8) is 0 Å². The summed E-state index contributed by atoms with van der Waals surface area (Å²) in [5.74, 6) is 0.593. The number of hydrogen-bond acceptors (Lipinski definition) is 4. The van der Waals surface area contributed by atoms with Gasteiger partial charge in [-0.3, -0.25) is 24.2 Å². The maximum atomic E-state index is 13.5. The summed E-state index contributed by atoms with van der Waals surface area (Å²) in [6.07, 6.45) is 10.3. The van der Waals surface area contributed by atoms with Crippen LogP contribution in [0.2, 0.25) is 0 Å². The fourth-order valence-corrected chi connectivity index (χ4v) is 4.23. The molecule has 1 N–H and O–H groups in total. The summed E-state index contributed by atoms with van der Waals surface area (Å²) in [5, 5.41) is 7.11. The standard InChI is InChI=1S/C28H28FN5O2/c1-33-17-22(16-30-33)20-4-2-5-21(15-20)27(36)32-28-31-24(6-3-7-26(35)14-19-8-9-19)18-34(28)25-12-10-23(29)11-13-25/h2,4-5,10-13,15-19H,3,6-9,14H2,1H3,(H,31,32,36). The molecule has 0 radical (unpaired) electrons. The van der Waals surface area contributed by atoms with E-state index in [1.54, 1.807) is 33.6 Å². The van der Waals surface area contributed by atoms with Crippen molar-refractivity contribution in [1.82, 2.24) is 19.3 Å². The van der Waals surface area contributed by atoms with Crippen LogP contribution in [-0.2, 0) is 18.3 Å². The Morgan fingerprint density at radius 2 is 1.89 bits per heavy atom. The van der Waals surface area contributed by atoms with Gasteiger partial charge in [-0.25, -0.2) is 9.37 Å². The van der Waals surface area contributed by atoms with Gasteiger partial charge in [0.15, 0.2) is 0 Å². The smallest absolute Gasteiger partial charge is 0.258 e. The molecule has 1 aliphatic rings. The van der Waals surface area contributed by atoms with Crippen LogP contribution in [-0.4, -0.2) is 31.0 Å². The first kappa shape index (κ1) is 23.7. The number of nitrogens with one attached hydrogen (secondary N) is 1. The Hall–Kier alpha value is -4.07. The number of carbonyl (C=O) groups is 2. The molecule has 0 spiro atoms. The first-order valence-electron chi connectivity index (χ1n) is 12.2. The third-order valence-electron chi connectivity index (χ3n) is 6.35. The van der Waals surface area contributed by atoms with Gasteiger partial charge in [-0.2, -0.15) is 5.10 Å². The Morgan fingerprint density at radius 3 is 2.61 bits per heavy atom. The molecule has 2 heterocycles. The van der Waals surface area contributed by atoms with Gasteiger partial charge in [0.25, 0.3) is 5.91 Å². The lowest BCUT2D eigenvalue weighted by Gasteiger charge is -2.09. The van der Waals surface area contributed by atoms with Gasteiger partial charge in [-0.15, -0.1) is 0 Å². The first-order valence-corrected chi connectivity index (χ1v) is 12.2. The first-order chi connectivity index (χ1) is 17.4. The van der Waals surface area contributed by atoms with Gasteiger partial charge in [0.05, 0.1) is 11.9 Å². The lowest BCUT2D eigenvalue weighted by molar-refractivity contribution is -0.119. The summed E-state index contributed by atoms with van der Waals surface area (Å²) < 4.78 is 17.0. The molecule has 36 heavy (non-hydrogen) atoms. The zero-order valence-corrected chi connectivity index (χ0v) is 20.2. The number of ketones is 1. The molecule has 1 amide bonds. The third kappa shape index (κ3) is 5.76. The van der Waals surface area contributed by atoms with E-state index in [4.69, 9.17) is 0 Å². The van der Waals surface area contributed by atoms with Crippen molar-refractivity contribution in [1.29, 1.82) is 0 Å². The van der Waals surface area contributed by atoms with Crippen LogP contribution in [0.25, 0.3) is 16.8 Å². The highest BCUT2D eigenvalue weighted by atomic mass is 19.1. The largest absolute Gasteiger partial charge is 0.300 e. The van der Waals surface area contributed by atoms with Crippen LogP contribution in [0.3, 0.4) is 0 Å². The zero-order chi connectivity index (χ0) is 25.1. The summed E-state index contributed by atoms with van der Waals surface area (Å²) in [6, 6.07) is 13.3. The van der Waals surface area contributed by atoms with E-state index in [1.807, 2.05) is 37.6 Å². The number of rotatable bonds is 10. The molecule has 5 rings (SSSR count). The maximum Gasteiger partial charge on any atom is 0.258 e. The van der Waals surface area contributed by atoms with Crippen LogP contribution in [0.1, 0.15) is 48.2 Å². The van der Waals surface area contributed by atoms with Gasteiger partial charge in [0.1, 0.15) is 11.6 Å². The van der Waals surface area contributed by atoms with Crippen molar-refractivity contribution in [2.75, 3.05) is 5.32 Å². The topological polar surface area (TPSA) is 81.8 Å². The minimum Gasteiger partial charge on any atom is -0.300 e. The molecule has 1 saturated carbocycles. The molecule has 0 atom stereocenters. The summed E-state index contributed by atoms with van der Waals surface area (Å²) in [5.41, 5.74) is 3.72. The van der Waals surface area contributed by atoms with Gasteiger partial charge < -0.3 is 0 Å². The molecule has 0 saturated heterocycles. The van der Waals surface area contributed by atoms with Crippen LogP contribution < -0.4 is 5.32 Å².